The van der Waals surface area contributed by atoms with Crippen molar-refractivity contribution in [3.63, 3.8) is 0 Å². The highest BCUT2D eigenvalue weighted by Crippen LogP contribution is 2.57. The number of aliphatic hydroxyl groups excluding tert-OH is 1. The van der Waals surface area contributed by atoms with Crippen LogP contribution in [0.1, 0.15) is 31.8 Å². The molecule has 136 valence electrons. The molecular formula is C19H27N2O3P. The van der Waals surface area contributed by atoms with Crippen molar-refractivity contribution in [1.29, 1.82) is 0 Å². The summed E-state index contributed by atoms with van der Waals surface area (Å²) in [4.78, 5) is 6.11. The Balaban J connectivity index is 2.35. The largest absolute Gasteiger partial charge is 0.378 e. The number of benzene rings is 1. The van der Waals surface area contributed by atoms with Crippen LogP contribution >= 0.6 is 7.37 Å². The van der Waals surface area contributed by atoms with Crippen LogP contribution in [-0.2, 0) is 9.09 Å². The Morgan fingerprint density at radius 2 is 1.84 bits per heavy atom. The van der Waals surface area contributed by atoms with Crippen LogP contribution in [0.15, 0.2) is 48.7 Å². The van der Waals surface area contributed by atoms with Crippen LogP contribution in [0.4, 0.5) is 5.69 Å². The number of pyridine rings is 1. The number of hydrogen-bond acceptors (Lipinski definition) is 5. The molecule has 2 atom stereocenters. The fourth-order valence-corrected chi connectivity index (χ4v) is 4.39. The minimum Gasteiger partial charge on any atom is -0.378 e. The van der Waals surface area contributed by atoms with Crippen molar-refractivity contribution >= 4 is 18.4 Å². The minimum absolute atomic E-state index is 0.328. The van der Waals surface area contributed by atoms with Crippen LogP contribution < -0.4 is 10.2 Å². The first kappa shape index (κ1) is 19.6. The average molecular weight is 362 g/mol. The van der Waals surface area contributed by atoms with Crippen LogP contribution in [0.2, 0.25) is 0 Å². The molecule has 0 aliphatic heterocycles. The molecule has 0 unspecified atom stereocenters. The highest BCUT2D eigenvalue weighted by molar-refractivity contribution is 7.67. The summed E-state index contributed by atoms with van der Waals surface area (Å²) in [6, 6.07) is 12.5. The third kappa shape index (κ3) is 4.91. The SMILES string of the molecule is CC(C)CCO[P@@](=O)(c1ccc(N(C)C)cc1)[C@H](O)c1ccccn1. The molecule has 0 amide bonds. The van der Waals surface area contributed by atoms with Gasteiger partial charge in [-0.25, -0.2) is 0 Å². The number of nitrogens with zero attached hydrogens (tertiary/aromatic N) is 2. The van der Waals surface area contributed by atoms with Gasteiger partial charge in [0.25, 0.3) is 7.37 Å². The van der Waals surface area contributed by atoms with Gasteiger partial charge in [-0.2, -0.15) is 0 Å². The lowest BCUT2D eigenvalue weighted by Crippen LogP contribution is -2.17. The molecule has 0 saturated heterocycles. The van der Waals surface area contributed by atoms with E-state index in [0.29, 0.717) is 23.5 Å². The Kier molecular flexibility index (Phi) is 6.77. The molecule has 1 aromatic heterocycles. The molecule has 1 aromatic carbocycles. The zero-order chi connectivity index (χ0) is 18.4. The summed E-state index contributed by atoms with van der Waals surface area (Å²) >= 11 is 0. The highest BCUT2D eigenvalue weighted by atomic mass is 31.2. The van der Waals surface area contributed by atoms with Crippen molar-refractivity contribution in [3.05, 3.63) is 54.4 Å². The normalized spacial score (nSPS) is 15.0. The number of hydrogen-bond donors (Lipinski definition) is 1. The predicted molar refractivity (Wildman–Crippen MR) is 103 cm³/mol. The van der Waals surface area contributed by atoms with E-state index in [1.54, 1.807) is 36.5 Å². The maximum absolute atomic E-state index is 13.7. The summed E-state index contributed by atoms with van der Waals surface area (Å²) < 4.78 is 19.4. The summed E-state index contributed by atoms with van der Waals surface area (Å²) in [7, 11) is 0.365. The quantitative estimate of drug-likeness (QED) is 0.724. The molecule has 0 aliphatic rings. The first-order valence-electron chi connectivity index (χ1n) is 8.46. The maximum Gasteiger partial charge on any atom is 0.265 e. The summed E-state index contributed by atoms with van der Waals surface area (Å²) in [5.41, 5.74) is 1.34. The minimum atomic E-state index is -3.52. The molecule has 0 saturated carbocycles. The lowest BCUT2D eigenvalue weighted by molar-refractivity contribution is 0.206. The van der Waals surface area contributed by atoms with Gasteiger partial charge in [0.1, 0.15) is 0 Å². The number of aromatic nitrogens is 1. The van der Waals surface area contributed by atoms with E-state index < -0.39 is 13.2 Å². The molecule has 1 N–H and O–H groups in total. The fourth-order valence-electron chi connectivity index (χ4n) is 2.37. The van der Waals surface area contributed by atoms with Crippen molar-refractivity contribution in [1.82, 2.24) is 4.98 Å². The standard InChI is InChI=1S/C19H27N2O3P/c1-15(2)12-14-24-25(23,19(22)18-7-5-6-13-20-18)17-10-8-16(9-11-17)21(3)4/h5-11,13,15,19,22H,12,14H2,1-4H3/t19-,25-/m0/s1. The third-order valence-corrected chi connectivity index (χ3v) is 6.47. The maximum atomic E-state index is 13.7. The Morgan fingerprint density at radius 1 is 1.16 bits per heavy atom. The van der Waals surface area contributed by atoms with Crippen LogP contribution in [0.3, 0.4) is 0 Å². The smallest absolute Gasteiger partial charge is 0.265 e. The van der Waals surface area contributed by atoms with Gasteiger partial charge in [0.05, 0.1) is 12.3 Å². The van der Waals surface area contributed by atoms with E-state index in [4.69, 9.17) is 4.52 Å². The van der Waals surface area contributed by atoms with Gasteiger partial charge in [-0.1, -0.05) is 19.9 Å². The number of anilines is 1. The molecule has 2 rings (SSSR count). The van der Waals surface area contributed by atoms with Gasteiger partial charge in [0.2, 0.25) is 0 Å². The molecule has 0 fully saturated rings. The molecule has 0 spiro atoms. The van der Waals surface area contributed by atoms with E-state index in [1.807, 2.05) is 31.1 Å². The first-order chi connectivity index (χ1) is 11.8. The number of aliphatic hydroxyl groups is 1. The van der Waals surface area contributed by atoms with Gasteiger partial charge >= 0.3 is 0 Å². The second-order valence-corrected chi connectivity index (χ2v) is 9.11. The summed E-state index contributed by atoms with van der Waals surface area (Å²) in [6.07, 6.45) is 2.35. The van der Waals surface area contributed by atoms with Crippen LogP contribution in [0, 0.1) is 5.92 Å². The van der Waals surface area contributed by atoms with Crippen molar-refractivity contribution in [3.8, 4) is 0 Å². The van der Waals surface area contributed by atoms with Gasteiger partial charge in [-0.05, 0) is 48.7 Å². The lowest BCUT2D eigenvalue weighted by Gasteiger charge is -2.25. The molecule has 0 radical (unpaired) electrons. The van der Waals surface area contributed by atoms with Gasteiger partial charge in [-0.15, -0.1) is 0 Å². The fraction of sp³-hybridized carbons (Fsp3) is 0.421. The van der Waals surface area contributed by atoms with E-state index in [0.717, 1.165) is 12.1 Å². The van der Waals surface area contributed by atoms with Gasteiger partial charge in [0.15, 0.2) is 5.85 Å². The first-order valence-corrected chi connectivity index (χ1v) is 10.1. The Bertz CT molecular complexity index is 702. The highest BCUT2D eigenvalue weighted by Gasteiger charge is 2.37. The monoisotopic (exact) mass is 362 g/mol. The van der Waals surface area contributed by atoms with Crippen molar-refractivity contribution in [2.75, 3.05) is 25.6 Å². The van der Waals surface area contributed by atoms with E-state index in [2.05, 4.69) is 18.8 Å². The van der Waals surface area contributed by atoms with Crippen molar-refractivity contribution in [2.24, 2.45) is 5.92 Å². The molecule has 6 heteroatoms. The summed E-state index contributed by atoms with van der Waals surface area (Å²) in [5.74, 6) is -0.859. The average Bonchev–Trinajstić information content (AvgIpc) is 2.61. The summed E-state index contributed by atoms with van der Waals surface area (Å²) in [6.45, 7) is 4.49. The Hall–Kier alpha value is -1.68. The molecule has 5 nitrogen and oxygen atoms in total. The second kappa shape index (κ2) is 8.61. The Labute approximate surface area is 150 Å². The van der Waals surface area contributed by atoms with E-state index in [-0.39, 0.29) is 0 Å². The van der Waals surface area contributed by atoms with Crippen LogP contribution in [-0.4, -0.2) is 30.8 Å². The van der Waals surface area contributed by atoms with Gasteiger partial charge in [-0.3, -0.25) is 9.55 Å². The Morgan fingerprint density at radius 3 is 2.36 bits per heavy atom. The zero-order valence-electron chi connectivity index (χ0n) is 15.3. The van der Waals surface area contributed by atoms with E-state index in [1.165, 1.54) is 0 Å². The lowest BCUT2D eigenvalue weighted by atomic mass is 10.2. The molecule has 0 aliphatic carbocycles. The third-order valence-electron chi connectivity index (χ3n) is 3.98. The van der Waals surface area contributed by atoms with Gasteiger partial charge < -0.3 is 14.5 Å². The zero-order valence-corrected chi connectivity index (χ0v) is 16.2. The molecule has 25 heavy (non-hydrogen) atoms. The van der Waals surface area contributed by atoms with Crippen LogP contribution in [0.25, 0.3) is 0 Å². The second-order valence-electron chi connectivity index (χ2n) is 6.65. The molecule has 1 heterocycles. The van der Waals surface area contributed by atoms with E-state index >= 15 is 0 Å². The predicted octanol–water partition coefficient (Wildman–Crippen LogP) is 3.80. The van der Waals surface area contributed by atoms with E-state index in [9.17, 15) is 9.67 Å². The molecular weight excluding hydrogens is 335 g/mol. The summed E-state index contributed by atoms with van der Waals surface area (Å²) in [5, 5.41) is 11.3. The topological polar surface area (TPSA) is 62.7 Å². The van der Waals surface area contributed by atoms with Gasteiger partial charge in [0, 0.05) is 31.3 Å². The number of rotatable bonds is 8. The van der Waals surface area contributed by atoms with Crippen molar-refractivity contribution < 1.29 is 14.2 Å². The molecule has 2 aromatic rings. The van der Waals surface area contributed by atoms with Crippen LogP contribution in [0.5, 0.6) is 0 Å². The van der Waals surface area contributed by atoms with Crippen molar-refractivity contribution in [2.45, 2.75) is 26.1 Å². The molecule has 0 bridgehead atoms.